The Morgan fingerprint density at radius 2 is 1.53 bits per heavy atom. The Morgan fingerprint density at radius 1 is 0.912 bits per heavy atom. The number of benzene rings is 2. The maximum Gasteiger partial charge on any atom is 0.471 e. The van der Waals surface area contributed by atoms with Gasteiger partial charge in [-0.05, 0) is 48.7 Å². The average Bonchev–Trinajstić information content (AvgIpc) is 2.77. The Morgan fingerprint density at radius 3 is 2.09 bits per heavy atom. The molecule has 2 aromatic rings. The Balaban J connectivity index is 2.13. The van der Waals surface area contributed by atoms with Crippen molar-refractivity contribution < 1.29 is 40.3 Å². The lowest BCUT2D eigenvalue weighted by molar-refractivity contribution is -0.171. The summed E-state index contributed by atoms with van der Waals surface area (Å²) in [5.74, 6) is -4.28. The molecule has 1 fully saturated rings. The molecule has 1 N–H and O–H groups in total. The van der Waals surface area contributed by atoms with E-state index in [1.54, 1.807) is 0 Å². The van der Waals surface area contributed by atoms with E-state index in [1.807, 2.05) is 0 Å². The van der Waals surface area contributed by atoms with Gasteiger partial charge in [-0.1, -0.05) is 37.5 Å². The van der Waals surface area contributed by atoms with Crippen LogP contribution < -0.4 is 10.2 Å². The van der Waals surface area contributed by atoms with Gasteiger partial charge in [-0.25, -0.2) is 4.39 Å². The minimum Gasteiger partial charge on any atom is -0.351 e. The van der Waals surface area contributed by atoms with Gasteiger partial charge in [0.15, 0.2) is 0 Å². The molecular formula is C23H21F7N2O2. The van der Waals surface area contributed by atoms with Crippen molar-refractivity contribution in [1.82, 2.24) is 5.32 Å². The van der Waals surface area contributed by atoms with E-state index in [1.165, 1.54) is 0 Å². The van der Waals surface area contributed by atoms with Crippen molar-refractivity contribution in [2.45, 2.75) is 56.5 Å². The smallest absolute Gasteiger partial charge is 0.351 e. The monoisotopic (exact) mass is 490 g/mol. The average molecular weight is 490 g/mol. The first-order valence-electron chi connectivity index (χ1n) is 10.5. The largest absolute Gasteiger partial charge is 0.471 e. The zero-order valence-electron chi connectivity index (χ0n) is 17.7. The van der Waals surface area contributed by atoms with Crippen LogP contribution in [0.3, 0.4) is 0 Å². The molecule has 1 aliphatic carbocycles. The molecule has 0 aliphatic heterocycles. The summed E-state index contributed by atoms with van der Waals surface area (Å²) in [4.78, 5) is 25.7. The minimum absolute atomic E-state index is 0.0133. The summed E-state index contributed by atoms with van der Waals surface area (Å²) in [7, 11) is 0. The highest BCUT2D eigenvalue weighted by Crippen LogP contribution is 2.37. The highest BCUT2D eigenvalue weighted by molar-refractivity contribution is 6.04. The first kappa shape index (κ1) is 25.5. The maximum atomic E-state index is 13.6. The van der Waals surface area contributed by atoms with Crippen molar-refractivity contribution in [1.29, 1.82) is 0 Å². The van der Waals surface area contributed by atoms with Gasteiger partial charge in [0.25, 0.3) is 0 Å². The van der Waals surface area contributed by atoms with Gasteiger partial charge in [-0.2, -0.15) is 26.3 Å². The van der Waals surface area contributed by atoms with Crippen LogP contribution in [0.4, 0.5) is 36.4 Å². The van der Waals surface area contributed by atoms with E-state index in [0.29, 0.717) is 25.0 Å². The summed E-state index contributed by atoms with van der Waals surface area (Å²) >= 11 is 0. The van der Waals surface area contributed by atoms with Crippen LogP contribution in [-0.2, 0) is 15.8 Å². The van der Waals surface area contributed by atoms with E-state index in [4.69, 9.17) is 0 Å². The van der Waals surface area contributed by atoms with Gasteiger partial charge in [0, 0.05) is 11.7 Å². The van der Waals surface area contributed by atoms with Gasteiger partial charge in [0.1, 0.15) is 11.9 Å². The highest BCUT2D eigenvalue weighted by Gasteiger charge is 2.48. The predicted molar refractivity (Wildman–Crippen MR) is 109 cm³/mol. The number of carbonyl (C=O) groups is 2. The molecule has 1 saturated carbocycles. The first-order valence-corrected chi connectivity index (χ1v) is 10.5. The molecule has 3 rings (SSSR count). The second-order valence-corrected chi connectivity index (χ2v) is 8.02. The molecule has 0 heterocycles. The number of anilines is 1. The summed E-state index contributed by atoms with van der Waals surface area (Å²) in [6, 6.07) is 4.18. The molecule has 0 radical (unpaired) electrons. The Labute approximate surface area is 190 Å². The van der Waals surface area contributed by atoms with Gasteiger partial charge in [0.2, 0.25) is 5.91 Å². The second kappa shape index (κ2) is 10.0. The molecule has 0 bridgehead atoms. The number of alkyl halides is 6. The van der Waals surface area contributed by atoms with E-state index in [0.717, 1.165) is 55.7 Å². The molecule has 0 saturated heterocycles. The topological polar surface area (TPSA) is 49.4 Å². The first-order chi connectivity index (χ1) is 15.9. The fraction of sp³-hybridized carbons (Fsp3) is 0.391. The number of carbonyl (C=O) groups excluding carboxylic acids is 2. The zero-order chi connectivity index (χ0) is 25.1. The fourth-order valence-corrected chi connectivity index (χ4v) is 3.94. The summed E-state index contributed by atoms with van der Waals surface area (Å²) in [6.45, 7) is 0. The van der Waals surface area contributed by atoms with Crippen molar-refractivity contribution in [2.75, 3.05) is 4.90 Å². The number of amides is 2. The third-order valence-corrected chi connectivity index (χ3v) is 5.56. The van der Waals surface area contributed by atoms with Gasteiger partial charge in [-0.15, -0.1) is 0 Å². The molecule has 2 aromatic carbocycles. The molecule has 11 heteroatoms. The quantitative estimate of drug-likeness (QED) is 0.529. The van der Waals surface area contributed by atoms with Crippen LogP contribution in [0.15, 0.2) is 48.5 Å². The summed E-state index contributed by atoms with van der Waals surface area (Å²) in [5.41, 5.74) is -2.26. The van der Waals surface area contributed by atoms with Crippen LogP contribution in [0.5, 0.6) is 0 Å². The normalized spacial score (nSPS) is 16.1. The Hall–Kier alpha value is -3.11. The lowest BCUT2D eigenvalue weighted by Gasteiger charge is -2.34. The number of nitrogens with one attached hydrogen (secondary N) is 1. The Kier molecular flexibility index (Phi) is 7.52. The van der Waals surface area contributed by atoms with E-state index in [9.17, 15) is 40.3 Å². The third-order valence-electron chi connectivity index (χ3n) is 5.56. The SMILES string of the molecule is O=C(NC1CCCCC1)[C@H](c1ccc(F)cc1)N(C(=O)C(F)(F)F)c1cccc(C(F)(F)F)c1. The van der Waals surface area contributed by atoms with Crippen LogP contribution in [0.1, 0.15) is 49.3 Å². The van der Waals surface area contributed by atoms with Crippen LogP contribution in [-0.4, -0.2) is 24.0 Å². The van der Waals surface area contributed by atoms with Crippen molar-refractivity contribution in [3.8, 4) is 0 Å². The molecule has 1 aliphatic rings. The lowest BCUT2D eigenvalue weighted by atomic mass is 9.94. The number of hydrogen-bond acceptors (Lipinski definition) is 2. The number of hydrogen-bond donors (Lipinski definition) is 1. The maximum absolute atomic E-state index is 13.6. The van der Waals surface area contributed by atoms with Gasteiger partial charge < -0.3 is 5.32 Å². The number of rotatable bonds is 5. The third kappa shape index (κ3) is 6.06. The minimum atomic E-state index is -5.50. The van der Waals surface area contributed by atoms with Crippen molar-refractivity contribution in [3.05, 3.63) is 65.5 Å². The molecule has 2 amide bonds. The lowest BCUT2D eigenvalue weighted by Crippen LogP contribution is -2.50. The molecule has 184 valence electrons. The van der Waals surface area contributed by atoms with Gasteiger partial charge >= 0.3 is 18.3 Å². The van der Waals surface area contributed by atoms with Gasteiger partial charge in [-0.3, -0.25) is 14.5 Å². The summed E-state index contributed by atoms with van der Waals surface area (Å²) < 4.78 is 94.0. The summed E-state index contributed by atoms with van der Waals surface area (Å²) in [6.07, 6.45) is -6.78. The van der Waals surface area contributed by atoms with E-state index >= 15 is 0 Å². The van der Waals surface area contributed by atoms with Crippen LogP contribution >= 0.6 is 0 Å². The molecule has 0 aromatic heterocycles. The number of nitrogens with zero attached hydrogens (tertiary/aromatic N) is 1. The molecule has 4 nitrogen and oxygen atoms in total. The molecule has 0 unspecified atom stereocenters. The zero-order valence-corrected chi connectivity index (χ0v) is 17.7. The molecular weight excluding hydrogens is 469 g/mol. The second-order valence-electron chi connectivity index (χ2n) is 8.02. The number of halogens is 7. The van der Waals surface area contributed by atoms with E-state index < -0.39 is 47.3 Å². The van der Waals surface area contributed by atoms with Crippen molar-refractivity contribution in [2.24, 2.45) is 0 Å². The van der Waals surface area contributed by atoms with Crippen LogP contribution in [0.2, 0.25) is 0 Å². The highest BCUT2D eigenvalue weighted by atomic mass is 19.4. The summed E-state index contributed by atoms with van der Waals surface area (Å²) in [5, 5.41) is 2.62. The standard InChI is InChI=1S/C23H21F7N2O2/c24-16-11-9-14(10-12-16)19(20(33)31-17-6-2-1-3-7-17)32(21(34)23(28,29)30)18-8-4-5-15(13-18)22(25,26)27/h4-5,8-13,17,19H,1-3,6-7H2,(H,31,33)/t19-/m0/s1. The molecule has 0 spiro atoms. The van der Waals surface area contributed by atoms with Crippen molar-refractivity contribution in [3.63, 3.8) is 0 Å². The fourth-order valence-electron chi connectivity index (χ4n) is 3.94. The van der Waals surface area contributed by atoms with Gasteiger partial charge in [0.05, 0.1) is 5.56 Å². The Bertz CT molecular complexity index is 1010. The molecule has 1 atom stereocenters. The van der Waals surface area contributed by atoms with Crippen molar-refractivity contribution >= 4 is 17.5 Å². The van der Waals surface area contributed by atoms with Crippen LogP contribution in [0, 0.1) is 5.82 Å². The van der Waals surface area contributed by atoms with Crippen LogP contribution in [0.25, 0.3) is 0 Å². The van der Waals surface area contributed by atoms with E-state index in [-0.39, 0.29) is 16.5 Å². The molecule has 34 heavy (non-hydrogen) atoms. The predicted octanol–water partition coefficient (Wildman–Crippen LogP) is 5.93. The van der Waals surface area contributed by atoms with E-state index in [2.05, 4.69) is 5.32 Å².